The van der Waals surface area contributed by atoms with E-state index in [4.69, 9.17) is 0 Å². The lowest BCUT2D eigenvalue weighted by Crippen LogP contribution is -2.23. The van der Waals surface area contributed by atoms with E-state index >= 15 is 0 Å². The van der Waals surface area contributed by atoms with Gasteiger partial charge in [0.05, 0.1) is 16.8 Å². The summed E-state index contributed by atoms with van der Waals surface area (Å²) in [6.45, 7) is 0.140. The number of hydrogen-bond acceptors (Lipinski definition) is 4. The molecule has 0 aromatic carbocycles. The Hall–Kier alpha value is -2.15. The van der Waals surface area contributed by atoms with Crippen molar-refractivity contribution in [3.63, 3.8) is 0 Å². The molecule has 0 fully saturated rings. The average molecular weight is 318 g/mol. The van der Waals surface area contributed by atoms with Gasteiger partial charge in [-0.25, -0.2) is 0 Å². The van der Waals surface area contributed by atoms with E-state index in [0.717, 1.165) is 24.1 Å². The molecule has 116 valence electrons. The Morgan fingerprint density at radius 2 is 2.18 bits per heavy atom. The molecule has 0 saturated carbocycles. The van der Waals surface area contributed by atoms with Gasteiger partial charge in [0.1, 0.15) is 6.54 Å². The Labute approximate surface area is 132 Å². The number of aromatic nitrogens is 2. The summed E-state index contributed by atoms with van der Waals surface area (Å²) in [6.07, 6.45) is 7.62. The van der Waals surface area contributed by atoms with Crippen LogP contribution in [0.15, 0.2) is 17.8 Å². The van der Waals surface area contributed by atoms with Gasteiger partial charge in [-0.05, 0) is 42.2 Å². The molecule has 0 radical (unpaired) electrons. The summed E-state index contributed by atoms with van der Waals surface area (Å²) in [6, 6.07) is 0. The second kappa shape index (κ2) is 6.31. The molecule has 2 aromatic rings. The number of fused-ring (bicyclic) bond motifs is 1. The van der Waals surface area contributed by atoms with Gasteiger partial charge in [0.2, 0.25) is 5.91 Å². The van der Waals surface area contributed by atoms with Crippen LogP contribution in [-0.2, 0) is 24.2 Å². The van der Waals surface area contributed by atoms with Crippen molar-refractivity contribution in [1.29, 1.82) is 0 Å². The normalized spacial score (nSPS) is 13.5. The maximum Gasteiger partial charge on any atom is 0.266 e. The summed E-state index contributed by atoms with van der Waals surface area (Å²) in [4.78, 5) is 24.5. The molecule has 0 aliphatic heterocycles. The molecule has 2 heterocycles. The fourth-order valence-corrected chi connectivity index (χ4v) is 3.69. The SMILES string of the molecule is CNC(=O)Cn1cc(NC(=O)c2scc3c2CCCC3)cn1. The van der Waals surface area contributed by atoms with Gasteiger partial charge < -0.3 is 10.6 Å². The molecule has 22 heavy (non-hydrogen) atoms. The van der Waals surface area contributed by atoms with Crippen molar-refractivity contribution in [1.82, 2.24) is 15.1 Å². The number of rotatable bonds is 4. The maximum absolute atomic E-state index is 12.4. The van der Waals surface area contributed by atoms with Crippen LogP contribution in [0.5, 0.6) is 0 Å². The van der Waals surface area contributed by atoms with Crippen molar-refractivity contribution in [2.24, 2.45) is 0 Å². The van der Waals surface area contributed by atoms with Gasteiger partial charge in [0.15, 0.2) is 0 Å². The summed E-state index contributed by atoms with van der Waals surface area (Å²) in [5, 5.41) is 11.6. The van der Waals surface area contributed by atoms with Crippen LogP contribution in [0.3, 0.4) is 0 Å². The van der Waals surface area contributed by atoms with Crippen molar-refractivity contribution in [3.8, 4) is 0 Å². The standard InChI is InChI=1S/C15H18N4O2S/c1-16-13(20)8-19-7-11(6-17-19)18-15(21)14-12-5-3-2-4-10(12)9-22-14/h6-7,9H,2-5,8H2,1H3,(H,16,20)(H,18,21). The lowest BCUT2D eigenvalue weighted by molar-refractivity contribution is -0.121. The fourth-order valence-electron chi connectivity index (χ4n) is 2.64. The molecule has 6 nitrogen and oxygen atoms in total. The van der Waals surface area contributed by atoms with Gasteiger partial charge in [-0.2, -0.15) is 5.10 Å². The first-order valence-corrected chi connectivity index (χ1v) is 8.19. The van der Waals surface area contributed by atoms with E-state index in [9.17, 15) is 9.59 Å². The van der Waals surface area contributed by atoms with Crippen molar-refractivity contribution >= 4 is 28.8 Å². The third-order valence-electron chi connectivity index (χ3n) is 3.79. The highest BCUT2D eigenvalue weighted by Crippen LogP contribution is 2.30. The second-order valence-corrected chi connectivity index (χ2v) is 6.21. The number of anilines is 1. The Balaban J connectivity index is 1.69. The molecule has 0 bridgehead atoms. The molecule has 1 aliphatic rings. The van der Waals surface area contributed by atoms with Crippen molar-refractivity contribution in [2.45, 2.75) is 32.2 Å². The Morgan fingerprint density at radius 3 is 3.00 bits per heavy atom. The molecular weight excluding hydrogens is 300 g/mol. The van der Waals surface area contributed by atoms with E-state index < -0.39 is 0 Å². The van der Waals surface area contributed by atoms with E-state index in [0.29, 0.717) is 5.69 Å². The predicted molar refractivity (Wildman–Crippen MR) is 85.2 cm³/mol. The highest BCUT2D eigenvalue weighted by atomic mass is 32.1. The van der Waals surface area contributed by atoms with Gasteiger partial charge in [-0.1, -0.05) is 0 Å². The average Bonchev–Trinajstić information content (AvgIpc) is 3.13. The monoisotopic (exact) mass is 318 g/mol. The number of hydrogen-bond donors (Lipinski definition) is 2. The number of amides is 2. The van der Waals surface area contributed by atoms with Crippen molar-refractivity contribution in [3.05, 3.63) is 33.8 Å². The number of aryl methyl sites for hydroxylation is 1. The topological polar surface area (TPSA) is 76.0 Å². The molecule has 0 unspecified atom stereocenters. The molecule has 3 rings (SSSR count). The Morgan fingerprint density at radius 1 is 1.36 bits per heavy atom. The number of nitrogens with one attached hydrogen (secondary N) is 2. The van der Waals surface area contributed by atoms with Crippen LogP contribution in [0.2, 0.25) is 0 Å². The minimum Gasteiger partial charge on any atom is -0.358 e. The summed E-state index contributed by atoms with van der Waals surface area (Å²) in [5.74, 6) is -0.221. The third kappa shape index (κ3) is 3.04. The molecule has 2 amide bonds. The number of likely N-dealkylation sites (N-methyl/N-ethyl adjacent to an activating group) is 1. The minimum atomic E-state index is -0.131. The number of thiophene rings is 1. The number of carbonyl (C=O) groups excluding carboxylic acids is 2. The van der Waals surface area contributed by atoms with Crippen LogP contribution in [0.1, 0.15) is 33.6 Å². The largest absolute Gasteiger partial charge is 0.358 e. The van der Waals surface area contributed by atoms with Crippen molar-refractivity contribution in [2.75, 3.05) is 12.4 Å². The van der Waals surface area contributed by atoms with Gasteiger partial charge in [0.25, 0.3) is 5.91 Å². The highest BCUT2D eigenvalue weighted by Gasteiger charge is 2.20. The molecule has 2 N–H and O–H groups in total. The van der Waals surface area contributed by atoms with Crippen LogP contribution in [0.4, 0.5) is 5.69 Å². The van der Waals surface area contributed by atoms with Crippen molar-refractivity contribution < 1.29 is 9.59 Å². The fraction of sp³-hybridized carbons (Fsp3) is 0.400. The second-order valence-electron chi connectivity index (χ2n) is 5.33. The zero-order valence-corrected chi connectivity index (χ0v) is 13.2. The smallest absolute Gasteiger partial charge is 0.266 e. The maximum atomic E-state index is 12.4. The zero-order valence-electron chi connectivity index (χ0n) is 12.4. The first kappa shape index (κ1) is 14.8. The molecule has 0 atom stereocenters. The van der Waals surface area contributed by atoms with E-state index in [1.165, 1.54) is 33.6 Å². The molecule has 1 aliphatic carbocycles. The first-order valence-electron chi connectivity index (χ1n) is 7.31. The first-order chi connectivity index (χ1) is 10.7. The van der Waals surface area contributed by atoms with Crippen LogP contribution < -0.4 is 10.6 Å². The zero-order chi connectivity index (χ0) is 15.5. The van der Waals surface area contributed by atoms with Gasteiger partial charge >= 0.3 is 0 Å². The van der Waals surface area contributed by atoms with Crippen LogP contribution >= 0.6 is 11.3 Å². The molecule has 2 aromatic heterocycles. The molecule has 0 spiro atoms. The quantitative estimate of drug-likeness (QED) is 0.903. The third-order valence-corrected chi connectivity index (χ3v) is 4.86. The lowest BCUT2D eigenvalue weighted by Gasteiger charge is -2.12. The van der Waals surface area contributed by atoms with Gasteiger partial charge in [-0.3, -0.25) is 14.3 Å². The minimum absolute atomic E-state index is 0.0901. The van der Waals surface area contributed by atoms with Crippen LogP contribution in [0.25, 0.3) is 0 Å². The van der Waals surface area contributed by atoms with Gasteiger partial charge in [0, 0.05) is 13.2 Å². The number of carbonyl (C=O) groups is 2. The van der Waals surface area contributed by atoms with E-state index in [1.807, 2.05) is 0 Å². The number of nitrogens with zero attached hydrogens (tertiary/aromatic N) is 2. The van der Waals surface area contributed by atoms with E-state index in [1.54, 1.807) is 19.4 Å². The summed E-state index contributed by atoms with van der Waals surface area (Å²) >= 11 is 1.51. The Bertz CT molecular complexity index is 704. The molecule has 0 saturated heterocycles. The molecule has 7 heteroatoms. The summed E-state index contributed by atoms with van der Waals surface area (Å²) in [5.41, 5.74) is 3.12. The molecular formula is C15H18N4O2S. The lowest BCUT2D eigenvalue weighted by atomic mass is 9.94. The summed E-state index contributed by atoms with van der Waals surface area (Å²) in [7, 11) is 1.58. The Kier molecular flexibility index (Phi) is 4.24. The van der Waals surface area contributed by atoms with E-state index in [2.05, 4.69) is 21.1 Å². The van der Waals surface area contributed by atoms with Crippen LogP contribution in [-0.4, -0.2) is 28.6 Å². The van der Waals surface area contributed by atoms with Crippen LogP contribution in [0, 0.1) is 0 Å². The highest BCUT2D eigenvalue weighted by molar-refractivity contribution is 7.12. The van der Waals surface area contributed by atoms with Gasteiger partial charge in [-0.15, -0.1) is 11.3 Å². The van der Waals surface area contributed by atoms with E-state index in [-0.39, 0.29) is 18.4 Å². The summed E-state index contributed by atoms with van der Waals surface area (Å²) < 4.78 is 1.50. The predicted octanol–water partition coefficient (Wildman–Crippen LogP) is 1.82.